The lowest BCUT2D eigenvalue weighted by Gasteiger charge is -2.13. The zero-order chi connectivity index (χ0) is 11.3. The van der Waals surface area contributed by atoms with Crippen LogP contribution in [0.25, 0.3) is 0 Å². The molecular formula is C13H21NO. The molecule has 2 heteroatoms. The van der Waals surface area contributed by atoms with Gasteiger partial charge in [-0.25, -0.2) is 0 Å². The Labute approximate surface area is 92.3 Å². The minimum absolute atomic E-state index is 0.287. The lowest BCUT2D eigenvalue weighted by Crippen LogP contribution is -2.28. The highest BCUT2D eigenvalue weighted by atomic mass is 16.3. The van der Waals surface area contributed by atoms with E-state index in [1.54, 1.807) is 0 Å². The number of rotatable bonds is 5. The molecule has 15 heavy (non-hydrogen) atoms. The summed E-state index contributed by atoms with van der Waals surface area (Å²) in [6.45, 7) is 7.85. The fraction of sp³-hybridized carbons (Fsp3) is 0.538. The maximum Gasteiger partial charge on any atom is 0.0704 e. The van der Waals surface area contributed by atoms with Crippen LogP contribution in [0.2, 0.25) is 0 Å². The van der Waals surface area contributed by atoms with Crippen LogP contribution in [0.3, 0.4) is 0 Å². The van der Waals surface area contributed by atoms with Crippen molar-refractivity contribution in [2.75, 3.05) is 13.1 Å². The number of aliphatic hydroxyl groups excluding tert-OH is 1. The van der Waals surface area contributed by atoms with Crippen LogP contribution >= 0.6 is 0 Å². The molecule has 0 amide bonds. The van der Waals surface area contributed by atoms with E-state index < -0.39 is 0 Å². The number of benzene rings is 1. The maximum absolute atomic E-state index is 9.79. The Kier molecular flexibility index (Phi) is 4.79. The fourth-order valence-electron chi connectivity index (χ4n) is 1.67. The molecule has 2 nitrogen and oxygen atoms in total. The first-order valence-electron chi connectivity index (χ1n) is 5.59. The molecule has 1 aromatic carbocycles. The average Bonchev–Trinajstić information content (AvgIpc) is 2.22. The fourth-order valence-corrected chi connectivity index (χ4v) is 1.67. The number of aryl methyl sites for hydroxylation is 1. The molecule has 0 bridgehead atoms. The van der Waals surface area contributed by atoms with Crippen LogP contribution in [0.5, 0.6) is 0 Å². The van der Waals surface area contributed by atoms with Gasteiger partial charge in [-0.3, -0.25) is 0 Å². The molecule has 0 heterocycles. The standard InChI is InChI=1S/C13H21NO/c1-4-14-9-13(15)8-12-7-5-6-10(2)11(12)3/h5-7,13-15H,4,8-9H2,1-3H3. The zero-order valence-electron chi connectivity index (χ0n) is 9.88. The zero-order valence-corrected chi connectivity index (χ0v) is 9.88. The third kappa shape index (κ3) is 3.65. The van der Waals surface area contributed by atoms with Crippen molar-refractivity contribution in [1.82, 2.24) is 5.32 Å². The highest BCUT2D eigenvalue weighted by Crippen LogP contribution is 2.14. The average molecular weight is 207 g/mol. The summed E-state index contributed by atoms with van der Waals surface area (Å²) in [5, 5.41) is 12.9. The predicted molar refractivity (Wildman–Crippen MR) is 64.2 cm³/mol. The molecule has 1 unspecified atom stereocenters. The van der Waals surface area contributed by atoms with Crippen LogP contribution in [-0.4, -0.2) is 24.3 Å². The lowest BCUT2D eigenvalue weighted by atomic mass is 9.99. The van der Waals surface area contributed by atoms with Gasteiger partial charge in [0.2, 0.25) is 0 Å². The number of likely N-dealkylation sites (N-methyl/N-ethyl adjacent to an activating group) is 1. The number of hydrogen-bond donors (Lipinski definition) is 2. The van der Waals surface area contributed by atoms with Gasteiger partial charge in [-0.1, -0.05) is 25.1 Å². The van der Waals surface area contributed by atoms with E-state index >= 15 is 0 Å². The van der Waals surface area contributed by atoms with E-state index in [4.69, 9.17) is 0 Å². The molecule has 0 aliphatic carbocycles. The summed E-state index contributed by atoms with van der Waals surface area (Å²) in [7, 11) is 0. The Balaban J connectivity index is 2.60. The van der Waals surface area contributed by atoms with E-state index in [0.29, 0.717) is 6.54 Å². The topological polar surface area (TPSA) is 32.3 Å². The van der Waals surface area contributed by atoms with E-state index in [1.807, 2.05) is 6.92 Å². The van der Waals surface area contributed by atoms with E-state index in [0.717, 1.165) is 13.0 Å². The maximum atomic E-state index is 9.79. The summed E-state index contributed by atoms with van der Waals surface area (Å²) >= 11 is 0. The molecule has 84 valence electrons. The van der Waals surface area contributed by atoms with Crippen molar-refractivity contribution in [1.29, 1.82) is 0 Å². The molecule has 0 spiro atoms. The molecule has 1 aromatic rings. The van der Waals surface area contributed by atoms with Gasteiger partial charge < -0.3 is 10.4 Å². The molecule has 0 radical (unpaired) electrons. The number of aliphatic hydroxyl groups is 1. The Morgan fingerprint density at radius 3 is 2.73 bits per heavy atom. The molecule has 2 N–H and O–H groups in total. The van der Waals surface area contributed by atoms with Gasteiger partial charge in [0.25, 0.3) is 0 Å². The minimum atomic E-state index is -0.287. The van der Waals surface area contributed by atoms with Gasteiger partial charge in [0, 0.05) is 6.54 Å². The summed E-state index contributed by atoms with van der Waals surface area (Å²) in [5.41, 5.74) is 3.84. The van der Waals surface area contributed by atoms with Gasteiger partial charge in [-0.2, -0.15) is 0 Å². The molecule has 0 aliphatic heterocycles. The van der Waals surface area contributed by atoms with E-state index in [2.05, 4.69) is 37.4 Å². The third-order valence-corrected chi connectivity index (χ3v) is 2.80. The van der Waals surface area contributed by atoms with Crippen molar-refractivity contribution in [3.05, 3.63) is 34.9 Å². The minimum Gasteiger partial charge on any atom is -0.391 e. The highest BCUT2D eigenvalue weighted by Gasteiger charge is 2.07. The first-order valence-corrected chi connectivity index (χ1v) is 5.59. The summed E-state index contributed by atoms with van der Waals surface area (Å²) in [4.78, 5) is 0. The van der Waals surface area contributed by atoms with Crippen LogP contribution in [0, 0.1) is 13.8 Å². The monoisotopic (exact) mass is 207 g/mol. The molecule has 0 saturated heterocycles. The second-order valence-electron chi connectivity index (χ2n) is 4.02. The first kappa shape index (κ1) is 12.2. The molecule has 0 fully saturated rings. The van der Waals surface area contributed by atoms with Crippen molar-refractivity contribution in [3.63, 3.8) is 0 Å². The SMILES string of the molecule is CCNCC(O)Cc1cccc(C)c1C. The molecular weight excluding hydrogens is 186 g/mol. The first-order chi connectivity index (χ1) is 7.15. The predicted octanol–water partition coefficient (Wildman–Crippen LogP) is 1.82. The molecule has 0 aliphatic rings. The van der Waals surface area contributed by atoms with Gasteiger partial charge in [0.15, 0.2) is 0 Å². The van der Waals surface area contributed by atoms with Crippen molar-refractivity contribution < 1.29 is 5.11 Å². The van der Waals surface area contributed by atoms with Crippen molar-refractivity contribution in [2.45, 2.75) is 33.3 Å². The van der Waals surface area contributed by atoms with Gasteiger partial charge in [-0.05, 0) is 43.5 Å². The van der Waals surface area contributed by atoms with Gasteiger partial charge in [0.1, 0.15) is 0 Å². The molecule has 1 rings (SSSR count). The van der Waals surface area contributed by atoms with Gasteiger partial charge in [0.05, 0.1) is 6.10 Å². The summed E-state index contributed by atoms with van der Waals surface area (Å²) < 4.78 is 0. The second-order valence-corrected chi connectivity index (χ2v) is 4.02. The van der Waals surface area contributed by atoms with Crippen LogP contribution < -0.4 is 5.32 Å². The van der Waals surface area contributed by atoms with Crippen LogP contribution in [0.4, 0.5) is 0 Å². The van der Waals surface area contributed by atoms with Crippen molar-refractivity contribution in [3.8, 4) is 0 Å². The summed E-state index contributed by atoms with van der Waals surface area (Å²) in [6, 6.07) is 6.25. The largest absolute Gasteiger partial charge is 0.391 e. The van der Waals surface area contributed by atoms with E-state index in [-0.39, 0.29) is 6.10 Å². The Morgan fingerprint density at radius 2 is 2.07 bits per heavy atom. The smallest absolute Gasteiger partial charge is 0.0704 e. The Bertz CT molecular complexity index is 309. The van der Waals surface area contributed by atoms with Crippen LogP contribution in [-0.2, 0) is 6.42 Å². The molecule has 0 saturated carbocycles. The normalized spacial score (nSPS) is 12.8. The third-order valence-electron chi connectivity index (χ3n) is 2.80. The Hall–Kier alpha value is -0.860. The lowest BCUT2D eigenvalue weighted by molar-refractivity contribution is 0.172. The van der Waals surface area contributed by atoms with Gasteiger partial charge in [-0.15, -0.1) is 0 Å². The molecule has 1 atom stereocenters. The molecule has 0 aromatic heterocycles. The van der Waals surface area contributed by atoms with Gasteiger partial charge >= 0.3 is 0 Å². The quantitative estimate of drug-likeness (QED) is 0.772. The van der Waals surface area contributed by atoms with Crippen LogP contribution in [0.15, 0.2) is 18.2 Å². The summed E-state index contributed by atoms with van der Waals surface area (Å²) in [6.07, 6.45) is 0.450. The number of hydrogen-bond acceptors (Lipinski definition) is 2. The second kappa shape index (κ2) is 5.89. The van der Waals surface area contributed by atoms with Crippen molar-refractivity contribution >= 4 is 0 Å². The summed E-state index contributed by atoms with van der Waals surface area (Å²) in [5.74, 6) is 0. The number of nitrogens with one attached hydrogen (secondary N) is 1. The van der Waals surface area contributed by atoms with Crippen LogP contribution in [0.1, 0.15) is 23.6 Å². The van der Waals surface area contributed by atoms with Crippen molar-refractivity contribution in [2.24, 2.45) is 0 Å². The van der Waals surface area contributed by atoms with E-state index in [9.17, 15) is 5.11 Å². The Morgan fingerprint density at radius 1 is 1.33 bits per heavy atom. The van der Waals surface area contributed by atoms with E-state index in [1.165, 1.54) is 16.7 Å². The highest BCUT2D eigenvalue weighted by molar-refractivity contribution is 5.33.